The third-order valence-electron chi connectivity index (χ3n) is 3.51. The second kappa shape index (κ2) is 6.89. The number of nitrogens with zero attached hydrogens (tertiary/aromatic N) is 2. The van der Waals surface area contributed by atoms with Gasteiger partial charge < -0.3 is 14.6 Å². The number of rotatable bonds is 5. The van der Waals surface area contributed by atoms with Crippen molar-refractivity contribution in [2.24, 2.45) is 5.92 Å². The summed E-state index contributed by atoms with van der Waals surface area (Å²) in [4.78, 5) is 16.1. The monoisotopic (exact) mass is 321 g/mol. The van der Waals surface area contributed by atoms with Crippen LogP contribution in [-0.4, -0.2) is 35.8 Å². The van der Waals surface area contributed by atoms with Gasteiger partial charge in [0.25, 0.3) is 0 Å². The second-order valence-electron chi connectivity index (χ2n) is 5.12. The molecule has 116 valence electrons. The van der Waals surface area contributed by atoms with Gasteiger partial charge in [0.2, 0.25) is 17.6 Å². The molecule has 1 aromatic heterocycles. The van der Waals surface area contributed by atoms with Crippen molar-refractivity contribution in [1.82, 2.24) is 15.5 Å². The molecule has 1 aliphatic rings. The van der Waals surface area contributed by atoms with Crippen molar-refractivity contribution >= 4 is 17.5 Å². The van der Waals surface area contributed by atoms with Gasteiger partial charge in [-0.15, -0.1) is 0 Å². The first-order chi connectivity index (χ1) is 10.7. The first kappa shape index (κ1) is 15.0. The fourth-order valence-corrected chi connectivity index (χ4v) is 2.38. The summed E-state index contributed by atoms with van der Waals surface area (Å²) in [7, 11) is 0. The molecular formula is C15H16ClN3O3. The van der Waals surface area contributed by atoms with E-state index < -0.39 is 0 Å². The Labute approximate surface area is 132 Å². The molecule has 0 bridgehead atoms. The standard InChI is InChI=1S/C15H16ClN3O3/c16-12-3-1-10(2-4-12)14-18-13(22-19-14)5-7-17-15(20)11-6-8-21-9-11/h1-4,11H,5-9H2,(H,17,20)/t11-/m1/s1. The van der Waals surface area contributed by atoms with Crippen molar-refractivity contribution < 1.29 is 14.1 Å². The second-order valence-corrected chi connectivity index (χ2v) is 5.56. The van der Waals surface area contributed by atoms with Gasteiger partial charge in [-0.3, -0.25) is 4.79 Å². The molecule has 1 atom stereocenters. The largest absolute Gasteiger partial charge is 0.381 e. The average Bonchev–Trinajstić information content (AvgIpc) is 3.19. The fraction of sp³-hybridized carbons (Fsp3) is 0.400. The molecule has 1 N–H and O–H groups in total. The molecular weight excluding hydrogens is 306 g/mol. The van der Waals surface area contributed by atoms with E-state index in [-0.39, 0.29) is 11.8 Å². The van der Waals surface area contributed by atoms with Crippen molar-refractivity contribution in [2.75, 3.05) is 19.8 Å². The summed E-state index contributed by atoms with van der Waals surface area (Å²) in [6, 6.07) is 7.21. The predicted molar refractivity (Wildman–Crippen MR) is 80.4 cm³/mol. The van der Waals surface area contributed by atoms with Crippen LogP contribution in [0.25, 0.3) is 11.4 Å². The Bertz CT molecular complexity index is 636. The maximum absolute atomic E-state index is 11.8. The van der Waals surface area contributed by atoms with Crippen LogP contribution < -0.4 is 5.32 Å². The summed E-state index contributed by atoms with van der Waals surface area (Å²) in [6.07, 6.45) is 1.28. The Morgan fingerprint density at radius 3 is 2.91 bits per heavy atom. The minimum atomic E-state index is -0.0349. The Balaban J connectivity index is 1.51. The van der Waals surface area contributed by atoms with Gasteiger partial charge in [0.15, 0.2) is 0 Å². The molecule has 0 saturated carbocycles. The van der Waals surface area contributed by atoms with Gasteiger partial charge in [0, 0.05) is 30.2 Å². The zero-order chi connectivity index (χ0) is 15.4. The molecule has 1 amide bonds. The number of aromatic nitrogens is 2. The lowest BCUT2D eigenvalue weighted by Crippen LogP contribution is -2.32. The molecule has 2 heterocycles. The van der Waals surface area contributed by atoms with Gasteiger partial charge in [-0.1, -0.05) is 16.8 Å². The number of hydrogen-bond donors (Lipinski definition) is 1. The Morgan fingerprint density at radius 2 is 2.18 bits per heavy atom. The molecule has 0 radical (unpaired) electrons. The van der Waals surface area contributed by atoms with E-state index >= 15 is 0 Å². The molecule has 1 saturated heterocycles. The minimum Gasteiger partial charge on any atom is -0.381 e. The number of carbonyl (C=O) groups excluding carboxylic acids is 1. The van der Waals surface area contributed by atoms with Crippen LogP contribution >= 0.6 is 11.6 Å². The van der Waals surface area contributed by atoms with Crippen LogP contribution in [0.5, 0.6) is 0 Å². The smallest absolute Gasteiger partial charge is 0.228 e. The van der Waals surface area contributed by atoms with E-state index in [1.165, 1.54) is 0 Å². The van der Waals surface area contributed by atoms with E-state index in [0.717, 1.165) is 12.0 Å². The third-order valence-corrected chi connectivity index (χ3v) is 3.76. The highest BCUT2D eigenvalue weighted by Gasteiger charge is 2.23. The van der Waals surface area contributed by atoms with Crippen LogP contribution in [0.15, 0.2) is 28.8 Å². The number of hydrogen-bond acceptors (Lipinski definition) is 5. The molecule has 0 unspecified atom stereocenters. The van der Waals surface area contributed by atoms with Gasteiger partial charge in [0.1, 0.15) is 0 Å². The van der Waals surface area contributed by atoms with Gasteiger partial charge >= 0.3 is 0 Å². The molecule has 22 heavy (non-hydrogen) atoms. The summed E-state index contributed by atoms with van der Waals surface area (Å²) in [5, 5.41) is 7.45. The van der Waals surface area contributed by atoms with E-state index in [1.54, 1.807) is 12.1 Å². The first-order valence-electron chi connectivity index (χ1n) is 7.16. The fourth-order valence-electron chi connectivity index (χ4n) is 2.25. The van der Waals surface area contributed by atoms with Crippen molar-refractivity contribution in [3.05, 3.63) is 35.2 Å². The highest BCUT2D eigenvalue weighted by Crippen LogP contribution is 2.18. The summed E-state index contributed by atoms with van der Waals surface area (Å²) in [6.45, 7) is 1.64. The SMILES string of the molecule is O=C(NCCc1nc(-c2ccc(Cl)cc2)no1)[C@@H]1CCOC1. The molecule has 7 heteroatoms. The number of carbonyl (C=O) groups is 1. The minimum absolute atomic E-state index is 0.0231. The van der Waals surface area contributed by atoms with Crippen LogP contribution in [-0.2, 0) is 16.0 Å². The van der Waals surface area contributed by atoms with Crippen LogP contribution in [0.1, 0.15) is 12.3 Å². The van der Waals surface area contributed by atoms with E-state index in [9.17, 15) is 4.79 Å². The Kier molecular flexibility index (Phi) is 4.70. The van der Waals surface area contributed by atoms with Crippen LogP contribution in [0.2, 0.25) is 5.02 Å². The molecule has 3 rings (SSSR count). The van der Waals surface area contributed by atoms with Crippen LogP contribution in [0.4, 0.5) is 0 Å². The van der Waals surface area contributed by atoms with Gasteiger partial charge in [-0.05, 0) is 30.7 Å². The van der Waals surface area contributed by atoms with Crippen molar-refractivity contribution in [2.45, 2.75) is 12.8 Å². The van der Waals surface area contributed by atoms with E-state index in [0.29, 0.717) is 42.9 Å². The molecule has 6 nitrogen and oxygen atoms in total. The highest BCUT2D eigenvalue weighted by molar-refractivity contribution is 6.30. The van der Waals surface area contributed by atoms with Gasteiger partial charge in [0.05, 0.1) is 12.5 Å². The summed E-state index contributed by atoms with van der Waals surface area (Å²) in [5.74, 6) is 0.998. The molecule has 0 spiro atoms. The van der Waals surface area contributed by atoms with Crippen molar-refractivity contribution in [3.63, 3.8) is 0 Å². The normalized spacial score (nSPS) is 17.6. The molecule has 0 aliphatic carbocycles. The lowest BCUT2D eigenvalue weighted by molar-refractivity contribution is -0.124. The summed E-state index contributed by atoms with van der Waals surface area (Å²) in [5.41, 5.74) is 0.839. The lowest BCUT2D eigenvalue weighted by Gasteiger charge is -2.07. The van der Waals surface area contributed by atoms with Crippen LogP contribution in [0, 0.1) is 5.92 Å². The van der Waals surface area contributed by atoms with Crippen LogP contribution in [0.3, 0.4) is 0 Å². The average molecular weight is 322 g/mol. The molecule has 1 aromatic carbocycles. The Morgan fingerprint density at radius 1 is 1.36 bits per heavy atom. The maximum Gasteiger partial charge on any atom is 0.228 e. The van der Waals surface area contributed by atoms with Crippen molar-refractivity contribution in [3.8, 4) is 11.4 Å². The van der Waals surface area contributed by atoms with E-state index in [4.69, 9.17) is 20.9 Å². The number of halogens is 1. The number of amides is 1. The topological polar surface area (TPSA) is 77.3 Å². The Hall–Kier alpha value is -1.92. The van der Waals surface area contributed by atoms with Gasteiger partial charge in [-0.2, -0.15) is 4.98 Å². The maximum atomic E-state index is 11.8. The zero-order valence-electron chi connectivity index (χ0n) is 11.9. The predicted octanol–water partition coefficient (Wildman–Crippen LogP) is 2.09. The van der Waals surface area contributed by atoms with E-state index in [2.05, 4.69) is 15.5 Å². The third kappa shape index (κ3) is 3.64. The summed E-state index contributed by atoms with van der Waals surface area (Å²) >= 11 is 5.84. The molecule has 1 aliphatic heterocycles. The number of benzene rings is 1. The quantitative estimate of drug-likeness (QED) is 0.912. The number of nitrogens with one attached hydrogen (secondary N) is 1. The molecule has 2 aromatic rings. The van der Waals surface area contributed by atoms with E-state index in [1.807, 2.05) is 12.1 Å². The number of ether oxygens (including phenoxy) is 1. The van der Waals surface area contributed by atoms with Crippen molar-refractivity contribution in [1.29, 1.82) is 0 Å². The summed E-state index contributed by atoms with van der Waals surface area (Å²) < 4.78 is 10.4. The lowest BCUT2D eigenvalue weighted by atomic mass is 10.1. The molecule has 1 fully saturated rings. The van der Waals surface area contributed by atoms with Gasteiger partial charge in [-0.25, -0.2) is 0 Å². The first-order valence-corrected chi connectivity index (χ1v) is 7.54. The zero-order valence-corrected chi connectivity index (χ0v) is 12.7. The highest BCUT2D eigenvalue weighted by atomic mass is 35.5.